The number of nitrogens with one attached hydrogen (secondary N) is 1. The highest BCUT2D eigenvalue weighted by atomic mass is 32.2. The molecule has 28 heavy (non-hydrogen) atoms. The van der Waals surface area contributed by atoms with Gasteiger partial charge in [0.25, 0.3) is 0 Å². The summed E-state index contributed by atoms with van der Waals surface area (Å²) in [6, 6.07) is 4.91. The number of thioether (sulfide) groups is 1. The van der Waals surface area contributed by atoms with Crippen molar-refractivity contribution < 1.29 is 13.2 Å². The Balaban J connectivity index is 1.72. The second kappa shape index (κ2) is 8.42. The van der Waals surface area contributed by atoms with Crippen LogP contribution in [0.2, 0.25) is 0 Å². The number of hydrogen-bond acceptors (Lipinski definition) is 5. The third-order valence-corrected chi connectivity index (χ3v) is 7.60. The van der Waals surface area contributed by atoms with E-state index in [0.717, 1.165) is 18.4 Å². The van der Waals surface area contributed by atoms with E-state index in [1.165, 1.54) is 30.3 Å². The summed E-state index contributed by atoms with van der Waals surface area (Å²) >= 11 is 1.37. The number of carbonyl (C=O) groups is 1. The first-order chi connectivity index (χ1) is 13.2. The minimum Gasteiger partial charge on any atom is -0.352 e. The van der Waals surface area contributed by atoms with E-state index in [2.05, 4.69) is 24.1 Å². The Hall–Kier alpha value is -1.58. The first-order valence-electron chi connectivity index (χ1n) is 9.66. The van der Waals surface area contributed by atoms with Gasteiger partial charge in [-0.15, -0.1) is 0 Å². The van der Waals surface area contributed by atoms with E-state index >= 15 is 0 Å². The highest BCUT2D eigenvalue weighted by Gasteiger charge is 2.28. The molecule has 3 rings (SSSR count). The zero-order valence-corrected chi connectivity index (χ0v) is 18.1. The number of fused-ring (bicyclic) bond motifs is 1. The summed E-state index contributed by atoms with van der Waals surface area (Å²) < 4.78 is 25.1. The fourth-order valence-corrected chi connectivity index (χ4v) is 5.27. The lowest BCUT2D eigenvalue weighted by atomic mass is 9.78. The molecule has 154 valence electrons. The second-order valence-electron chi connectivity index (χ2n) is 7.56. The topological polar surface area (TPSA) is 107 Å². The normalized spacial score (nSPS) is 23.1. The third kappa shape index (κ3) is 4.52. The number of carbonyl (C=O) groups excluding carboxylic acids is 1. The molecule has 0 saturated heterocycles. The SMILES string of the molecule is CCn1c(SCC(=O)N[C@H]2CCC[C@H](C)[C@@H]2C)nc2cc(S(N)(=O)=O)ccc21. The van der Waals surface area contributed by atoms with Gasteiger partial charge in [0.15, 0.2) is 5.16 Å². The van der Waals surface area contributed by atoms with Crippen LogP contribution in [0.4, 0.5) is 0 Å². The minimum atomic E-state index is -3.78. The number of sulfonamides is 1. The summed E-state index contributed by atoms with van der Waals surface area (Å²) in [4.78, 5) is 17.0. The lowest BCUT2D eigenvalue weighted by Crippen LogP contribution is -2.44. The Kier molecular flexibility index (Phi) is 6.36. The molecule has 2 aromatic rings. The molecular weight excluding hydrogens is 396 g/mol. The predicted molar refractivity (Wildman–Crippen MR) is 112 cm³/mol. The number of nitrogens with zero attached hydrogens (tertiary/aromatic N) is 2. The summed E-state index contributed by atoms with van der Waals surface area (Å²) in [6.45, 7) is 7.12. The monoisotopic (exact) mass is 424 g/mol. The fraction of sp³-hybridized carbons (Fsp3) is 0.579. The summed E-state index contributed by atoms with van der Waals surface area (Å²) in [6.07, 6.45) is 3.41. The number of rotatable bonds is 6. The van der Waals surface area contributed by atoms with E-state index in [0.29, 0.717) is 29.1 Å². The molecule has 0 spiro atoms. The smallest absolute Gasteiger partial charge is 0.238 e. The van der Waals surface area contributed by atoms with Gasteiger partial charge in [-0.1, -0.05) is 38.5 Å². The molecule has 3 N–H and O–H groups in total. The number of benzene rings is 1. The van der Waals surface area contributed by atoms with Crippen molar-refractivity contribution in [2.24, 2.45) is 17.0 Å². The van der Waals surface area contributed by atoms with Crippen molar-refractivity contribution in [2.45, 2.75) is 62.7 Å². The van der Waals surface area contributed by atoms with Gasteiger partial charge in [-0.2, -0.15) is 0 Å². The van der Waals surface area contributed by atoms with Crippen molar-refractivity contribution in [1.29, 1.82) is 0 Å². The van der Waals surface area contributed by atoms with Crippen LogP contribution < -0.4 is 10.5 Å². The van der Waals surface area contributed by atoms with Crippen LogP contribution in [-0.2, 0) is 21.4 Å². The Bertz CT molecular complexity index is 971. The van der Waals surface area contributed by atoms with Crippen molar-refractivity contribution in [3.05, 3.63) is 18.2 Å². The number of imidazole rings is 1. The molecule has 1 aromatic carbocycles. The van der Waals surface area contributed by atoms with E-state index in [-0.39, 0.29) is 22.6 Å². The molecule has 1 aliphatic rings. The molecule has 1 aromatic heterocycles. The van der Waals surface area contributed by atoms with E-state index in [9.17, 15) is 13.2 Å². The Morgan fingerprint density at radius 1 is 1.36 bits per heavy atom. The van der Waals surface area contributed by atoms with Crippen LogP contribution in [0.5, 0.6) is 0 Å². The number of aromatic nitrogens is 2. The van der Waals surface area contributed by atoms with Crippen LogP contribution in [0.1, 0.15) is 40.0 Å². The average Bonchev–Trinajstić information content (AvgIpc) is 2.99. The predicted octanol–water partition coefficient (Wildman–Crippen LogP) is 2.74. The molecule has 3 atom stereocenters. The van der Waals surface area contributed by atoms with E-state index in [1.807, 2.05) is 11.5 Å². The van der Waals surface area contributed by atoms with Crippen LogP contribution in [0.3, 0.4) is 0 Å². The van der Waals surface area contributed by atoms with Gasteiger partial charge in [0.1, 0.15) is 0 Å². The summed E-state index contributed by atoms with van der Waals surface area (Å²) in [7, 11) is -3.78. The molecule has 9 heteroatoms. The highest BCUT2D eigenvalue weighted by molar-refractivity contribution is 7.99. The zero-order chi connectivity index (χ0) is 20.5. The zero-order valence-electron chi connectivity index (χ0n) is 16.5. The Morgan fingerprint density at radius 3 is 2.79 bits per heavy atom. The van der Waals surface area contributed by atoms with Gasteiger partial charge in [0.2, 0.25) is 15.9 Å². The van der Waals surface area contributed by atoms with Crippen molar-refractivity contribution in [3.63, 3.8) is 0 Å². The lowest BCUT2D eigenvalue weighted by molar-refractivity contribution is -0.120. The van der Waals surface area contributed by atoms with E-state index < -0.39 is 10.0 Å². The first kappa shape index (κ1) is 21.1. The molecule has 7 nitrogen and oxygen atoms in total. The van der Waals surface area contributed by atoms with Gasteiger partial charge in [-0.3, -0.25) is 4.79 Å². The Morgan fingerprint density at radius 2 is 2.11 bits per heavy atom. The van der Waals surface area contributed by atoms with Gasteiger partial charge in [0.05, 0.1) is 21.7 Å². The van der Waals surface area contributed by atoms with E-state index in [1.54, 1.807) is 6.07 Å². The number of nitrogens with two attached hydrogens (primary N) is 1. The van der Waals surface area contributed by atoms with E-state index in [4.69, 9.17) is 5.14 Å². The third-order valence-electron chi connectivity index (χ3n) is 5.72. The molecule has 0 radical (unpaired) electrons. The standard InChI is InChI=1S/C19H28N4O3S2/c1-4-23-17-9-8-14(28(20,25)26)10-16(17)22-19(23)27-11-18(24)21-15-7-5-6-12(2)13(15)3/h8-10,12-13,15H,4-7,11H2,1-3H3,(H,21,24)(H2,20,25,26)/t12-,13-,15-/m0/s1. The van der Waals surface area contributed by atoms with Crippen molar-refractivity contribution in [1.82, 2.24) is 14.9 Å². The number of aryl methyl sites for hydroxylation is 1. The van der Waals surface area contributed by atoms with Crippen molar-refractivity contribution >= 4 is 38.7 Å². The van der Waals surface area contributed by atoms with Crippen LogP contribution >= 0.6 is 11.8 Å². The summed E-state index contributed by atoms with van der Waals surface area (Å²) in [5, 5.41) is 9.09. The van der Waals surface area contributed by atoms with Crippen molar-refractivity contribution in [3.8, 4) is 0 Å². The Labute approximate surface area is 170 Å². The molecule has 1 heterocycles. The van der Waals surface area contributed by atoms with Crippen LogP contribution in [0.15, 0.2) is 28.3 Å². The minimum absolute atomic E-state index is 0.0101. The van der Waals surface area contributed by atoms with Gasteiger partial charge in [-0.05, 0) is 43.4 Å². The molecule has 1 fully saturated rings. The number of hydrogen-bond donors (Lipinski definition) is 2. The number of amides is 1. The largest absolute Gasteiger partial charge is 0.352 e. The first-order valence-corrected chi connectivity index (χ1v) is 12.2. The maximum Gasteiger partial charge on any atom is 0.238 e. The summed E-state index contributed by atoms with van der Waals surface area (Å²) in [5.74, 6) is 1.41. The maximum absolute atomic E-state index is 12.5. The molecule has 1 aliphatic carbocycles. The molecule has 0 aliphatic heterocycles. The molecular formula is C19H28N4O3S2. The fourth-order valence-electron chi connectivity index (χ4n) is 3.84. The van der Waals surface area contributed by atoms with Crippen molar-refractivity contribution in [2.75, 3.05) is 5.75 Å². The van der Waals surface area contributed by atoms with Gasteiger partial charge < -0.3 is 9.88 Å². The van der Waals surface area contributed by atoms with Gasteiger partial charge in [-0.25, -0.2) is 18.5 Å². The molecule has 1 saturated carbocycles. The van der Waals surface area contributed by atoms with Gasteiger partial charge in [0, 0.05) is 12.6 Å². The quantitative estimate of drug-likeness (QED) is 0.694. The van der Waals surface area contributed by atoms with Gasteiger partial charge >= 0.3 is 0 Å². The van der Waals surface area contributed by atoms with Crippen LogP contribution in [0.25, 0.3) is 11.0 Å². The highest BCUT2D eigenvalue weighted by Crippen LogP contribution is 2.30. The molecule has 0 bridgehead atoms. The second-order valence-corrected chi connectivity index (χ2v) is 10.1. The van der Waals surface area contributed by atoms with Crippen LogP contribution in [-0.4, -0.2) is 35.7 Å². The molecule has 1 amide bonds. The number of primary sulfonamides is 1. The molecule has 0 unspecified atom stereocenters. The maximum atomic E-state index is 12.5. The lowest BCUT2D eigenvalue weighted by Gasteiger charge is -2.34. The summed E-state index contributed by atoms with van der Waals surface area (Å²) in [5.41, 5.74) is 1.39. The van der Waals surface area contributed by atoms with Crippen LogP contribution in [0, 0.1) is 11.8 Å². The average molecular weight is 425 g/mol.